The maximum Gasteiger partial charge on any atom is 0.389 e. The SMILES string of the molecule is Cl.Oc1ccccc1[C@H](CCC(F)(F)F)N1CCNCC1. The molecule has 1 fully saturated rings. The van der Waals surface area contributed by atoms with Gasteiger partial charge in [0.1, 0.15) is 5.75 Å². The highest BCUT2D eigenvalue weighted by Gasteiger charge is 2.32. The Kier molecular flexibility index (Phi) is 6.77. The molecule has 120 valence electrons. The molecule has 3 nitrogen and oxygen atoms in total. The maximum atomic E-state index is 12.5. The molecule has 0 unspecified atom stereocenters. The Morgan fingerprint density at radius 3 is 2.38 bits per heavy atom. The van der Waals surface area contributed by atoms with Crippen molar-refractivity contribution in [1.82, 2.24) is 10.2 Å². The van der Waals surface area contributed by atoms with Gasteiger partial charge in [0.05, 0.1) is 0 Å². The number of nitrogens with zero attached hydrogens (tertiary/aromatic N) is 1. The largest absolute Gasteiger partial charge is 0.508 e. The minimum atomic E-state index is -4.17. The first kappa shape index (κ1) is 18.1. The summed E-state index contributed by atoms with van der Waals surface area (Å²) in [4.78, 5) is 2.01. The van der Waals surface area contributed by atoms with Gasteiger partial charge < -0.3 is 10.4 Å². The maximum absolute atomic E-state index is 12.5. The predicted octanol–water partition coefficient (Wildman–Crippen LogP) is 3.10. The van der Waals surface area contributed by atoms with Gasteiger partial charge >= 0.3 is 6.18 Å². The summed E-state index contributed by atoms with van der Waals surface area (Å²) in [6.07, 6.45) is -5.03. The fourth-order valence-electron chi connectivity index (χ4n) is 2.60. The summed E-state index contributed by atoms with van der Waals surface area (Å²) >= 11 is 0. The van der Waals surface area contributed by atoms with Crippen molar-refractivity contribution in [3.05, 3.63) is 29.8 Å². The van der Waals surface area contributed by atoms with E-state index in [4.69, 9.17) is 0 Å². The van der Waals surface area contributed by atoms with E-state index in [2.05, 4.69) is 5.32 Å². The molecule has 1 saturated heterocycles. The van der Waals surface area contributed by atoms with Gasteiger partial charge in [-0.05, 0) is 12.5 Å². The second-order valence-corrected chi connectivity index (χ2v) is 5.01. The van der Waals surface area contributed by atoms with Crippen molar-refractivity contribution in [1.29, 1.82) is 0 Å². The van der Waals surface area contributed by atoms with Crippen LogP contribution in [-0.2, 0) is 0 Å². The van der Waals surface area contributed by atoms with E-state index in [-0.39, 0.29) is 30.6 Å². The molecule has 0 saturated carbocycles. The fraction of sp³-hybridized carbons (Fsp3) is 0.571. The van der Waals surface area contributed by atoms with E-state index in [1.54, 1.807) is 18.2 Å². The van der Waals surface area contributed by atoms with Gasteiger partial charge in [0.25, 0.3) is 0 Å². The van der Waals surface area contributed by atoms with E-state index < -0.39 is 12.6 Å². The van der Waals surface area contributed by atoms with Crippen molar-refractivity contribution >= 4 is 12.4 Å². The van der Waals surface area contributed by atoms with Crippen LogP contribution in [0.2, 0.25) is 0 Å². The van der Waals surface area contributed by atoms with Crippen LogP contribution in [0.5, 0.6) is 5.75 Å². The van der Waals surface area contributed by atoms with Crippen molar-refractivity contribution in [2.24, 2.45) is 0 Å². The summed E-state index contributed by atoms with van der Waals surface area (Å²) in [6, 6.07) is 6.27. The van der Waals surface area contributed by atoms with Crippen LogP contribution in [0.15, 0.2) is 24.3 Å². The molecule has 0 bridgehead atoms. The Hall–Kier alpha value is -0.980. The number of benzene rings is 1. The third kappa shape index (κ3) is 5.37. The van der Waals surface area contributed by atoms with Gasteiger partial charge in [-0.2, -0.15) is 13.2 Å². The molecule has 2 rings (SSSR count). The minimum Gasteiger partial charge on any atom is -0.508 e. The monoisotopic (exact) mass is 324 g/mol. The summed E-state index contributed by atoms with van der Waals surface area (Å²) in [5.74, 6) is 0.0678. The zero-order valence-corrected chi connectivity index (χ0v) is 12.4. The highest BCUT2D eigenvalue weighted by Crippen LogP contribution is 2.35. The Morgan fingerprint density at radius 2 is 1.81 bits per heavy atom. The quantitative estimate of drug-likeness (QED) is 0.893. The van der Waals surface area contributed by atoms with Crippen molar-refractivity contribution in [3.63, 3.8) is 0 Å². The molecule has 1 heterocycles. The summed E-state index contributed by atoms with van der Waals surface area (Å²) < 4.78 is 37.5. The number of nitrogens with one attached hydrogen (secondary N) is 1. The Morgan fingerprint density at radius 1 is 1.19 bits per heavy atom. The van der Waals surface area contributed by atoms with Crippen molar-refractivity contribution in [2.45, 2.75) is 25.1 Å². The fourth-order valence-corrected chi connectivity index (χ4v) is 2.60. The van der Waals surface area contributed by atoms with Crippen LogP contribution in [0.4, 0.5) is 13.2 Å². The molecule has 1 aliphatic heterocycles. The highest BCUT2D eigenvalue weighted by atomic mass is 35.5. The first-order valence-corrected chi connectivity index (χ1v) is 6.77. The van der Waals surface area contributed by atoms with Crippen LogP contribution >= 0.6 is 12.4 Å². The van der Waals surface area contributed by atoms with Crippen LogP contribution in [-0.4, -0.2) is 42.4 Å². The van der Waals surface area contributed by atoms with Gasteiger partial charge in [0.15, 0.2) is 0 Å². The van der Waals surface area contributed by atoms with Gasteiger partial charge in [-0.25, -0.2) is 0 Å². The molecule has 1 atom stereocenters. The smallest absolute Gasteiger partial charge is 0.389 e. The van der Waals surface area contributed by atoms with E-state index in [0.29, 0.717) is 18.7 Å². The molecule has 0 aliphatic carbocycles. The van der Waals surface area contributed by atoms with Gasteiger partial charge in [-0.15, -0.1) is 12.4 Å². The first-order valence-electron chi connectivity index (χ1n) is 6.77. The van der Waals surface area contributed by atoms with Crippen LogP contribution in [0, 0.1) is 0 Å². The summed E-state index contributed by atoms with van der Waals surface area (Å²) in [5.41, 5.74) is 0.582. The van der Waals surface area contributed by atoms with E-state index in [1.165, 1.54) is 6.07 Å². The number of alkyl halides is 3. The summed E-state index contributed by atoms with van der Waals surface area (Å²) in [6.45, 7) is 2.90. The van der Waals surface area contributed by atoms with Crippen molar-refractivity contribution in [2.75, 3.05) is 26.2 Å². The van der Waals surface area contributed by atoms with Crippen molar-refractivity contribution < 1.29 is 18.3 Å². The zero-order chi connectivity index (χ0) is 14.6. The number of hydrogen-bond acceptors (Lipinski definition) is 3. The number of para-hydroxylation sites is 1. The third-order valence-corrected chi connectivity index (χ3v) is 3.59. The van der Waals surface area contributed by atoms with E-state index in [1.807, 2.05) is 4.90 Å². The van der Waals surface area contributed by atoms with E-state index in [9.17, 15) is 18.3 Å². The van der Waals surface area contributed by atoms with Crippen LogP contribution in [0.1, 0.15) is 24.4 Å². The molecule has 0 aromatic heterocycles. The molecule has 0 radical (unpaired) electrons. The topological polar surface area (TPSA) is 35.5 Å². The van der Waals surface area contributed by atoms with Crippen molar-refractivity contribution in [3.8, 4) is 5.75 Å². The molecule has 0 spiro atoms. The lowest BCUT2D eigenvalue weighted by Crippen LogP contribution is -2.45. The molecule has 1 aromatic carbocycles. The third-order valence-electron chi connectivity index (χ3n) is 3.59. The number of phenolic OH excluding ortho intramolecular Hbond substituents is 1. The predicted molar refractivity (Wildman–Crippen MR) is 77.8 cm³/mol. The van der Waals surface area contributed by atoms with Crippen LogP contribution < -0.4 is 5.32 Å². The number of aromatic hydroxyl groups is 1. The lowest BCUT2D eigenvalue weighted by Gasteiger charge is -2.35. The summed E-state index contributed by atoms with van der Waals surface area (Å²) in [7, 11) is 0. The lowest BCUT2D eigenvalue weighted by molar-refractivity contribution is -0.138. The Balaban J connectivity index is 0.00000220. The number of hydrogen-bond donors (Lipinski definition) is 2. The number of piperazine rings is 1. The Bertz CT molecular complexity index is 436. The molecule has 21 heavy (non-hydrogen) atoms. The van der Waals surface area contributed by atoms with Gasteiger partial charge in [0, 0.05) is 44.2 Å². The molecule has 0 amide bonds. The number of phenols is 1. The second-order valence-electron chi connectivity index (χ2n) is 5.01. The molecular weight excluding hydrogens is 305 g/mol. The van der Waals surface area contributed by atoms with Gasteiger partial charge in [-0.3, -0.25) is 4.90 Å². The number of rotatable bonds is 4. The van der Waals surface area contributed by atoms with E-state index >= 15 is 0 Å². The first-order chi connectivity index (χ1) is 9.47. The molecule has 7 heteroatoms. The minimum absolute atomic E-state index is 0. The molecule has 1 aromatic rings. The van der Waals surface area contributed by atoms with E-state index in [0.717, 1.165) is 13.1 Å². The highest BCUT2D eigenvalue weighted by molar-refractivity contribution is 5.85. The Labute approximate surface area is 128 Å². The lowest BCUT2D eigenvalue weighted by atomic mass is 9.98. The van der Waals surface area contributed by atoms with Gasteiger partial charge in [-0.1, -0.05) is 18.2 Å². The normalized spacial score (nSPS) is 18.0. The van der Waals surface area contributed by atoms with Crippen LogP contribution in [0.3, 0.4) is 0 Å². The molecular formula is C14H20ClF3N2O. The number of halogens is 4. The zero-order valence-electron chi connectivity index (χ0n) is 11.6. The standard InChI is InChI=1S/C14H19F3N2O.ClH/c15-14(16,17)6-5-12(19-9-7-18-8-10-19)11-3-1-2-4-13(11)20;/h1-4,12,18,20H,5-10H2;1H/t12-;/m0./s1. The average Bonchev–Trinajstić information content (AvgIpc) is 2.41. The molecule has 2 N–H and O–H groups in total. The van der Waals surface area contributed by atoms with Crippen LogP contribution in [0.25, 0.3) is 0 Å². The summed E-state index contributed by atoms with van der Waals surface area (Å²) in [5, 5.41) is 13.1. The molecule has 1 aliphatic rings. The average molecular weight is 325 g/mol. The van der Waals surface area contributed by atoms with Gasteiger partial charge in [0.2, 0.25) is 0 Å². The second kappa shape index (κ2) is 7.87.